The topological polar surface area (TPSA) is 39.2 Å². The van der Waals surface area contributed by atoms with Crippen molar-refractivity contribution in [1.29, 1.82) is 0 Å². The summed E-state index contributed by atoms with van der Waals surface area (Å²) >= 11 is 8.79. The van der Waals surface area contributed by atoms with Gasteiger partial charge < -0.3 is 4.74 Å². The van der Waals surface area contributed by atoms with Crippen molar-refractivity contribution in [2.24, 2.45) is 0 Å². The van der Waals surface area contributed by atoms with Crippen LogP contribution in [-0.2, 0) is 16.0 Å². The number of nitrogens with zero attached hydrogens (tertiary/aromatic N) is 1. The predicted molar refractivity (Wildman–Crippen MR) is 57.6 cm³/mol. The number of alkyl halides is 2. The summed E-state index contributed by atoms with van der Waals surface area (Å²) in [6.07, 6.45) is -1.97. The van der Waals surface area contributed by atoms with E-state index in [9.17, 15) is 13.6 Å². The second-order valence-corrected chi connectivity index (χ2v) is 3.98. The normalized spacial score (nSPS) is 10.6. The number of ether oxygens (including phenoxy) is 1. The number of carbonyl (C=O) groups is 1. The van der Waals surface area contributed by atoms with Crippen molar-refractivity contribution in [3.63, 3.8) is 0 Å². The van der Waals surface area contributed by atoms with Gasteiger partial charge in [0.2, 0.25) is 0 Å². The van der Waals surface area contributed by atoms with Gasteiger partial charge in [0, 0.05) is 11.8 Å². The van der Waals surface area contributed by atoms with Crippen LogP contribution in [0.5, 0.6) is 0 Å². The zero-order valence-electron chi connectivity index (χ0n) is 8.14. The minimum absolute atomic E-state index is 0.165. The van der Waals surface area contributed by atoms with Gasteiger partial charge in [0.1, 0.15) is 4.60 Å². The quantitative estimate of drug-likeness (QED) is 0.635. The lowest BCUT2D eigenvalue weighted by Crippen LogP contribution is -2.07. The molecule has 0 unspecified atom stereocenters. The van der Waals surface area contributed by atoms with Crippen LogP contribution in [0.3, 0.4) is 0 Å². The molecule has 0 saturated carbocycles. The van der Waals surface area contributed by atoms with Crippen LogP contribution >= 0.6 is 27.5 Å². The summed E-state index contributed by atoms with van der Waals surface area (Å²) in [4.78, 5) is 14.7. The summed E-state index contributed by atoms with van der Waals surface area (Å²) in [5.74, 6) is -0.573. The lowest BCUT2D eigenvalue weighted by atomic mass is 10.1. The molecule has 0 spiro atoms. The second kappa shape index (κ2) is 5.54. The Labute approximate surface area is 104 Å². The van der Waals surface area contributed by atoms with Gasteiger partial charge in [-0.15, -0.1) is 0 Å². The van der Waals surface area contributed by atoms with Crippen LogP contribution in [0.15, 0.2) is 10.8 Å². The molecule has 0 aliphatic carbocycles. The molecule has 88 valence electrons. The molecule has 0 aliphatic rings. The number of pyridine rings is 1. The zero-order chi connectivity index (χ0) is 12.3. The summed E-state index contributed by atoms with van der Waals surface area (Å²) in [6, 6.07) is 0. The molecule has 1 aromatic rings. The van der Waals surface area contributed by atoms with E-state index in [2.05, 4.69) is 25.7 Å². The van der Waals surface area contributed by atoms with Gasteiger partial charge >= 0.3 is 5.97 Å². The maximum absolute atomic E-state index is 12.5. The Morgan fingerprint density at radius 2 is 2.31 bits per heavy atom. The fourth-order valence-electron chi connectivity index (χ4n) is 1.04. The standard InChI is InChI=1S/C9H7BrClF2NO2/c1-16-6(15)2-4-7(11)5(9(12)13)3-14-8(4)10/h3,9H,2H2,1H3. The Balaban J connectivity index is 3.16. The molecule has 0 atom stereocenters. The molecular weight excluding hydrogens is 307 g/mol. The van der Waals surface area contributed by atoms with Gasteiger partial charge in [-0.3, -0.25) is 4.79 Å². The van der Waals surface area contributed by atoms with Gasteiger partial charge in [0.25, 0.3) is 6.43 Å². The first-order valence-corrected chi connectivity index (χ1v) is 5.32. The van der Waals surface area contributed by atoms with Gasteiger partial charge in [-0.2, -0.15) is 0 Å². The highest BCUT2D eigenvalue weighted by atomic mass is 79.9. The first-order valence-electron chi connectivity index (χ1n) is 4.15. The smallest absolute Gasteiger partial charge is 0.310 e. The molecule has 0 fully saturated rings. The van der Waals surface area contributed by atoms with Crippen LogP contribution in [0.4, 0.5) is 8.78 Å². The highest BCUT2D eigenvalue weighted by Gasteiger charge is 2.20. The Bertz CT molecular complexity index is 415. The Morgan fingerprint density at radius 3 is 2.81 bits per heavy atom. The molecular formula is C9H7BrClF2NO2. The monoisotopic (exact) mass is 313 g/mol. The predicted octanol–water partition coefficient (Wildman–Crippen LogP) is 3.15. The van der Waals surface area contributed by atoms with E-state index in [1.807, 2.05) is 0 Å². The molecule has 0 saturated heterocycles. The minimum Gasteiger partial charge on any atom is -0.469 e. The average Bonchev–Trinajstić information content (AvgIpc) is 2.23. The fraction of sp³-hybridized carbons (Fsp3) is 0.333. The number of esters is 1. The van der Waals surface area contributed by atoms with Crippen LogP contribution in [0.1, 0.15) is 17.6 Å². The molecule has 0 aromatic carbocycles. The van der Waals surface area contributed by atoms with Crippen molar-refractivity contribution in [2.45, 2.75) is 12.8 Å². The average molecular weight is 315 g/mol. The molecule has 0 N–H and O–H groups in total. The van der Waals surface area contributed by atoms with Crippen molar-refractivity contribution in [3.05, 3.63) is 26.9 Å². The van der Waals surface area contributed by atoms with E-state index in [1.165, 1.54) is 7.11 Å². The van der Waals surface area contributed by atoms with Gasteiger partial charge in [0.05, 0.1) is 24.1 Å². The summed E-state index contributed by atoms with van der Waals surface area (Å²) in [5.41, 5.74) is -0.199. The number of hydrogen-bond acceptors (Lipinski definition) is 3. The number of carbonyl (C=O) groups excluding carboxylic acids is 1. The summed E-state index contributed by atoms with van der Waals surface area (Å²) in [5, 5.41) is -0.165. The van der Waals surface area contributed by atoms with Crippen LogP contribution in [0, 0.1) is 0 Å². The van der Waals surface area contributed by atoms with Crippen molar-refractivity contribution < 1.29 is 18.3 Å². The van der Waals surface area contributed by atoms with Crippen molar-refractivity contribution in [3.8, 4) is 0 Å². The Hall–Kier alpha value is -0.750. The third-order valence-corrected chi connectivity index (χ3v) is 3.00. The lowest BCUT2D eigenvalue weighted by Gasteiger charge is -2.09. The minimum atomic E-state index is -2.73. The van der Waals surface area contributed by atoms with Crippen molar-refractivity contribution in [1.82, 2.24) is 4.98 Å². The molecule has 0 radical (unpaired) electrons. The highest BCUT2D eigenvalue weighted by Crippen LogP contribution is 2.32. The first kappa shape index (κ1) is 13.3. The molecule has 3 nitrogen and oxygen atoms in total. The van der Waals surface area contributed by atoms with E-state index in [0.29, 0.717) is 0 Å². The maximum Gasteiger partial charge on any atom is 0.310 e. The zero-order valence-corrected chi connectivity index (χ0v) is 10.5. The van der Waals surface area contributed by atoms with Gasteiger partial charge in [-0.25, -0.2) is 13.8 Å². The third-order valence-electron chi connectivity index (χ3n) is 1.87. The SMILES string of the molecule is COC(=O)Cc1c(Br)ncc(C(F)F)c1Cl. The molecule has 1 aromatic heterocycles. The first-order chi connectivity index (χ1) is 7.47. The molecule has 1 heterocycles. The summed E-state index contributed by atoms with van der Waals surface area (Å²) < 4.78 is 29.7. The molecule has 1 rings (SSSR count). The Morgan fingerprint density at radius 1 is 1.69 bits per heavy atom. The van der Waals surface area contributed by atoms with Crippen molar-refractivity contribution in [2.75, 3.05) is 7.11 Å². The Kier molecular flexibility index (Phi) is 4.61. The van der Waals surface area contributed by atoms with E-state index >= 15 is 0 Å². The summed E-state index contributed by atoms with van der Waals surface area (Å²) in [6.45, 7) is 0. The van der Waals surface area contributed by atoms with Crippen LogP contribution in [-0.4, -0.2) is 18.1 Å². The largest absolute Gasteiger partial charge is 0.469 e. The molecule has 16 heavy (non-hydrogen) atoms. The summed E-state index contributed by atoms with van der Waals surface area (Å²) in [7, 11) is 1.20. The molecule has 0 amide bonds. The van der Waals surface area contributed by atoms with Crippen molar-refractivity contribution >= 4 is 33.5 Å². The van der Waals surface area contributed by atoms with Crippen LogP contribution in [0.25, 0.3) is 0 Å². The number of aromatic nitrogens is 1. The number of hydrogen-bond donors (Lipinski definition) is 0. The fourth-order valence-corrected chi connectivity index (χ4v) is 1.89. The van der Waals surface area contributed by atoms with E-state index in [-0.39, 0.29) is 21.6 Å². The van der Waals surface area contributed by atoms with Crippen LogP contribution < -0.4 is 0 Å². The maximum atomic E-state index is 12.5. The molecule has 0 bridgehead atoms. The molecule has 0 aliphatic heterocycles. The lowest BCUT2D eigenvalue weighted by molar-refractivity contribution is -0.139. The third kappa shape index (κ3) is 2.89. The number of halogens is 4. The van der Waals surface area contributed by atoms with E-state index < -0.39 is 18.0 Å². The van der Waals surface area contributed by atoms with E-state index in [4.69, 9.17) is 11.6 Å². The van der Waals surface area contributed by atoms with Gasteiger partial charge in [0.15, 0.2) is 0 Å². The van der Waals surface area contributed by atoms with Crippen LogP contribution in [0.2, 0.25) is 5.02 Å². The van der Waals surface area contributed by atoms with Gasteiger partial charge in [-0.1, -0.05) is 11.6 Å². The van der Waals surface area contributed by atoms with E-state index in [1.54, 1.807) is 0 Å². The van der Waals surface area contributed by atoms with E-state index in [0.717, 1.165) is 6.20 Å². The molecule has 7 heteroatoms. The van der Waals surface area contributed by atoms with Gasteiger partial charge in [-0.05, 0) is 15.9 Å². The number of rotatable bonds is 3. The second-order valence-electron chi connectivity index (χ2n) is 2.85. The highest BCUT2D eigenvalue weighted by molar-refractivity contribution is 9.10. The number of methoxy groups -OCH3 is 1.